The van der Waals surface area contributed by atoms with Gasteiger partial charge in [0.2, 0.25) is 0 Å². The molecule has 0 fully saturated rings. The summed E-state index contributed by atoms with van der Waals surface area (Å²) in [5, 5.41) is 23.9. The molecule has 90 valence electrons. The van der Waals surface area contributed by atoms with Crippen LogP contribution < -0.4 is 5.32 Å². The van der Waals surface area contributed by atoms with Crippen molar-refractivity contribution in [2.45, 2.75) is 12.2 Å². The number of esters is 1. The lowest BCUT2D eigenvalue weighted by Gasteiger charge is -2.17. The fourth-order valence-corrected chi connectivity index (χ4v) is 2.19. The predicted molar refractivity (Wildman–Crippen MR) is 60.6 cm³/mol. The van der Waals surface area contributed by atoms with Crippen molar-refractivity contribution in [2.75, 3.05) is 20.7 Å². The highest BCUT2D eigenvalue weighted by molar-refractivity contribution is 7.12. The quantitative estimate of drug-likeness (QED) is 0.643. The van der Waals surface area contributed by atoms with Crippen LogP contribution in [0, 0.1) is 0 Å². The van der Waals surface area contributed by atoms with Gasteiger partial charge in [0.15, 0.2) is 0 Å². The van der Waals surface area contributed by atoms with Gasteiger partial charge >= 0.3 is 5.97 Å². The molecule has 0 saturated carbocycles. The number of aliphatic hydroxyl groups excluding tert-OH is 2. The minimum atomic E-state index is -1.09. The zero-order valence-corrected chi connectivity index (χ0v) is 9.95. The van der Waals surface area contributed by atoms with Crippen LogP contribution >= 0.6 is 11.3 Å². The molecule has 1 rings (SSSR count). The number of likely N-dealkylation sites (N-methyl/N-ethyl adjacent to an activating group) is 1. The summed E-state index contributed by atoms with van der Waals surface area (Å²) >= 11 is 1.18. The van der Waals surface area contributed by atoms with Crippen molar-refractivity contribution in [3.8, 4) is 0 Å². The number of carbonyl (C=O) groups is 1. The molecule has 16 heavy (non-hydrogen) atoms. The van der Waals surface area contributed by atoms with E-state index < -0.39 is 18.2 Å². The summed E-state index contributed by atoms with van der Waals surface area (Å²) in [5.74, 6) is -0.499. The molecule has 0 saturated heterocycles. The maximum absolute atomic E-state index is 11.4. The monoisotopic (exact) mass is 245 g/mol. The number of methoxy groups -OCH3 is 1. The number of aliphatic hydroxyl groups is 2. The van der Waals surface area contributed by atoms with Gasteiger partial charge in [-0.1, -0.05) is 0 Å². The largest absolute Gasteiger partial charge is 0.465 e. The number of carbonyl (C=O) groups excluding carboxylic acids is 1. The van der Waals surface area contributed by atoms with Gasteiger partial charge in [-0.15, -0.1) is 11.3 Å². The lowest BCUT2D eigenvalue weighted by Crippen LogP contribution is -2.30. The van der Waals surface area contributed by atoms with Crippen molar-refractivity contribution in [2.24, 2.45) is 0 Å². The number of thiophene rings is 1. The first-order valence-corrected chi connectivity index (χ1v) is 5.66. The zero-order valence-electron chi connectivity index (χ0n) is 9.14. The van der Waals surface area contributed by atoms with E-state index in [1.54, 1.807) is 18.5 Å². The third kappa shape index (κ3) is 2.79. The molecule has 0 spiro atoms. The number of ether oxygens (including phenoxy) is 1. The van der Waals surface area contributed by atoms with Crippen molar-refractivity contribution in [1.82, 2.24) is 5.32 Å². The highest BCUT2D eigenvalue weighted by Gasteiger charge is 2.24. The van der Waals surface area contributed by atoms with E-state index in [1.807, 2.05) is 0 Å². The maximum atomic E-state index is 11.4. The van der Waals surface area contributed by atoms with E-state index in [1.165, 1.54) is 18.4 Å². The first-order chi connectivity index (χ1) is 7.61. The van der Waals surface area contributed by atoms with E-state index >= 15 is 0 Å². The van der Waals surface area contributed by atoms with Crippen LogP contribution in [0.4, 0.5) is 0 Å². The average Bonchev–Trinajstić information content (AvgIpc) is 2.76. The molecule has 2 atom stereocenters. The summed E-state index contributed by atoms with van der Waals surface area (Å²) in [7, 11) is 2.95. The Morgan fingerprint density at radius 1 is 1.62 bits per heavy atom. The summed E-state index contributed by atoms with van der Waals surface area (Å²) in [6.07, 6.45) is -2.05. The molecule has 0 aliphatic carbocycles. The van der Waals surface area contributed by atoms with E-state index in [-0.39, 0.29) is 6.54 Å². The van der Waals surface area contributed by atoms with Gasteiger partial charge in [-0.3, -0.25) is 0 Å². The summed E-state index contributed by atoms with van der Waals surface area (Å²) in [6.45, 7) is 0.248. The Hall–Kier alpha value is -0.950. The molecule has 0 amide bonds. The fraction of sp³-hybridized carbons (Fsp3) is 0.500. The van der Waals surface area contributed by atoms with Gasteiger partial charge in [-0.05, 0) is 18.5 Å². The summed E-state index contributed by atoms with van der Waals surface area (Å²) in [6, 6.07) is 1.61. The molecule has 0 aromatic carbocycles. The van der Waals surface area contributed by atoms with Gasteiger partial charge in [-0.2, -0.15) is 0 Å². The first kappa shape index (κ1) is 13.1. The number of nitrogens with one attached hydrogen (secondary N) is 1. The third-order valence-electron chi connectivity index (χ3n) is 2.16. The van der Waals surface area contributed by atoms with E-state index in [0.29, 0.717) is 10.4 Å². The van der Waals surface area contributed by atoms with Crippen LogP contribution in [0.1, 0.15) is 21.3 Å². The molecular weight excluding hydrogens is 230 g/mol. The average molecular weight is 245 g/mol. The Bertz CT molecular complexity index is 352. The minimum absolute atomic E-state index is 0.248. The van der Waals surface area contributed by atoms with E-state index in [4.69, 9.17) is 0 Å². The van der Waals surface area contributed by atoms with Crippen molar-refractivity contribution < 1.29 is 19.7 Å². The number of rotatable bonds is 5. The molecule has 0 bridgehead atoms. The SMILES string of the molecule is CNCC(O)C(O)c1ccsc1C(=O)OC. The molecule has 5 nitrogen and oxygen atoms in total. The predicted octanol–water partition coefficient (Wildman–Crippen LogP) is 0.148. The Morgan fingerprint density at radius 3 is 2.88 bits per heavy atom. The van der Waals surface area contributed by atoms with Gasteiger partial charge in [0, 0.05) is 12.1 Å². The Balaban J connectivity index is 2.87. The van der Waals surface area contributed by atoms with Gasteiger partial charge in [0.05, 0.1) is 13.2 Å². The molecule has 1 aromatic heterocycles. The Kier molecular flexibility index (Phi) is 4.88. The molecule has 3 N–H and O–H groups in total. The Morgan fingerprint density at radius 2 is 2.31 bits per heavy atom. The maximum Gasteiger partial charge on any atom is 0.348 e. The molecule has 1 heterocycles. The van der Waals surface area contributed by atoms with Gasteiger partial charge in [0.25, 0.3) is 0 Å². The fourth-order valence-electron chi connectivity index (χ4n) is 1.34. The standard InChI is InChI=1S/C10H15NO4S/c1-11-5-7(12)8(13)6-3-4-16-9(6)10(14)15-2/h3-4,7-8,11-13H,5H2,1-2H3. The lowest BCUT2D eigenvalue weighted by molar-refractivity contribution is 0.0193. The summed E-state index contributed by atoms with van der Waals surface area (Å²) in [5.41, 5.74) is 0.402. The highest BCUT2D eigenvalue weighted by atomic mass is 32.1. The molecule has 6 heteroatoms. The van der Waals surface area contributed by atoms with Crippen molar-refractivity contribution in [3.05, 3.63) is 21.9 Å². The van der Waals surface area contributed by atoms with Crippen molar-refractivity contribution in [3.63, 3.8) is 0 Å². The number of hydrogen-bond acceptors (Lipinski definition) is 6. The molecule has 2 unspecified atom stereocenters. The van der Waals surface area contributed by atoms with Crippen molar-refractivity contribution >= 4 is 17.3 Å². The van der Waals surface area contributed by atoms with E-state index in [2.05, 4.69) is 10.1 Å². The van der Waals surface area contributed by atoms with Crippen molar-refractivity contribution in [1.29, 1.82) is 0 Å². The normalized spacial score (nSPS) is 14.5. The van der Waals surface area contributed by atoms with Crippen LogP contribution in [0.2, 0.25) is 0 Å². The van der Waals surface area contributed by atoms with Crippen LogP contribution in [0.25, 0.3) is 0 Å². The third-order valence-corrected chi connectivity index (χ3v) is 3.07. The van der Waals surface area contributed by atoms with E-state index in [9.17, 15) is 15.0 Å². The van der Waals surface area contributed by atoms with Crippen LogP contribution in [0.3, 0.4) is 0 Å². The summed E-state index contributed by atoms with van der Waals surface area (Å²) in [4.78, 5) is 11.7. The van der Waals surface area contributed by atoms with Gasteiger partial charge < -0.3 is 20.3 Å². The van der Waals surface area contributed by atoms with E-state index in [0.717, 1.165) is 0 Å². The second-order valence-electron chi connectivity index (χ2n) is 3.27. The topological polar surface area (TPSA) is 78.8 Å². The minimum Gasteiger partial charge on any atom is -0.465 e. The molecule has 1 aromatic rings. The van der Waals surface area contributed by atoms with Crippen LogP contribution in [0.5, 0.6) is 0 Å². The molecule has 0 aliphatic rings. The van der Waals surface area contributed by atoms with Crippen LogP contribution in [-0.4, -0.2) is 43.0 Å². The lowest BCUT2D eigenvalue weighted by atomic mass is 10.1. The molecule has 0 radical (unpaired) electrons. The molecule has 0 aliphatic heterocycles. The van der Waals surface area contributed by atoms with Crippen LogP contribution in [0.15, 0.2) is 11.4 Å². The summed E-state index contributed by atoms with van der Waals surface area (Å²) < 4.78 is 4.59. The zero-order chi connectivity index (χ0) is 12.1. The smallest absolute Gasteiger partial charge is 0.348 e. The van der Waals surface area contributed by atoms with Gasteiger partial charge in [0.1, 0.15) is 11.0 Å². The van der Waals surface area contributed by atoms with Gasteiger partial charge in [-0.25, -0.2) is 4.79 Å². The Labute approximate surface area is 97.7 Å². The van der Waals surface area contributed by atoms with Crippen LogP contribution in [-0.2, 0) is 4.74 Å². The second kappa shape index (κ2) is 5.95. The number of hydrogen-bond donors (Lipinski definition) is 3. The molecular formula is C10H15NO4S. The first-order valence-electron chi connectivity index (χ1n) is 4.78. The highest BCUT2D eigenvalue weighted by Crippen LogP contribution is 2.26. The second-order valence-corrected chi connectivity index (χ2v) is 4.18.